The molecule has 0 aliphatic rings. The number of amides is 1. The number of furan rings is 1. The molecule has 28 heavy (non-hydrogen) atoms. The van der Waals surface area contributed by atoms with Gasteiger partial charge in [0, 0.05) is 22.4 Å². The van der Waals surface area contributed by atoms with Crippen LogP contribution in [0.5, 0.6) is 0 Å². The maximum Gasteiger partial charge on any atom is 0.250 e. The van der Waals surface area contributed by atoms with Crippen LogP contribution < -0.4 is 10.6 Å². The summed E-state index contributed by atoms with van der Waals surface area (Å²) in [6, 6.07) is 14.1. The number of nitrogens with one attached hydrogen (secondary N) is 2. The predicted molar refractivity (Wildman–Crippen MR) is 117 cm³/mol. The zero-order valence-corrected chi connectivity index (χ0v) is 17.0. The molecular weight excluding hydrogens is 417 g/mol. The Morgan fingerprint density at radius 1 is 1.18 bits per heavy atom. The molecule has 1 amide bonds. The van der Waals surface area contributed by atoms with Crippen molar-refractivity contribution in [3.05, 3.63) is 76.1 Å². The number of benzene rings is 1. The fourth-order valence-corrected chi connectivity index (χ4v) is 3.05. The summed E-state index contributed by atoms with van der Waals surface area (Å²) in [5.41, 5.74) is 1.56. The third-order valence-corrected chi connectivity index (χ3v) is 4.34. The number of hydrogen-bond acceptors (Lipinski definition) is 4. The van der Waals surface area contributed by atoms with Gasteiger partial charge in [0.25, 0.3) is 0 Å². The summed E-state index contributed by atoms with van der Waals surface area (Å²) in [5.74, 6) is 1.23. The molecule has 3 rings (SSSR count). The average molecular weight is 432 g/mol. The van der Waals surface area contributed by atoms with Crippen LogP contribution >= 0.6 is 35.4 Å². The fraction of sp³-hybridized carbons (Fsp3) is 0.0500. The fourth-order valence-electron chi connectivity index (χ4n) is 2.35. The second-order valence-electron chi connectivity index (χ2n) is 5.77. The Morgan fingerprint density at radius 2 is 2.00 bits per heavy atom. The van der Waals surface area contributed by atoms with E-state index in [9.17, 15) is 4.79 Å². The van der Waals surface area contributed by atoms with E-state index in [2.05, 4.69) is 15.6 Å². The van der Waals surface area contributed by atoms with E-state index in [1.165, 1.54) is 12.2 Å². The van der Waals surface area contributed by atoms with Crippen molar-refractivity contribution in [3.8, 4) is 11.3 Å². The van der Waals surface area contributed by atoms with E-state index in [0.29, 0.717) is 32.9 Å². The first-order valence-electron chi connectivity index (χ1n) is 8.20. The molecule has 0 aliphatic carbocycles. The highest BCUT2D eigenvalue weighted by molar-refractivity contribution is 7.80. The van der Waals surface area contributed by atoms with Gasteiger partial charge in [-0.25, -0.2) is 4.98 Å². The predicted octanol–water partition coefficient (Wildman–Crippen LogP) is 5.48. The first-order valence-corrected chi connectivity index (χ1v) is 9.36. The van der Waals surface area contributed by atoms with Crippen LogP contribution in [0.3, 0.4) is 0 Å². The lowest BCUT2D eigenvalue weighted by Crippen LogP contribution is -2.33. The largest absolute Gasteiger partial charge is 0.457 e. The van der Waals surface area contributed by atoms with Crippen LogP contribution in [0.25, 0.3) is 17.4 Å². The van der Waals surface area contributed by atoms with Crippen LogP contribution in [0.1, 0.15) is 11.5 Å². The molecule has 2 N–H and O–H groups in total. The van der Waals surface area contributed by atoms with Gasteiger partial charge in [0.15, 0.2) is 5.11 Å². The molecule has 0 aliphatic heterocycles. The summed E-state index contributed by atoms with van der Waals surface area (Å²) >= 11 is 17.2. The lowest BCUT2D eigenvalue weighted by molar-refractivity contribution is -0.115. The minimum absolute atomic E-state index is 0.154. The van der Waals surface area contributed by atoms with E-state index in [1.807, 2.05) is 19.1 Å². The molecule has 1 aromatic carbocycles. The van der Waals surface area contributed by atoms with Crippen LogP contribution in [0.4, 0.5) is 5.82 Å². The number of halogens is 2. The molecule has 0 saturated heterocycles. The molecule has 0 spiro atoms. The van der Waals surface area contributed by atoms with Gasteiger partial charge in [-0.3, -0.25) is 10.1 Å². The molecule has 142 valence electrons. The highest BCUT2D eigenvalue weighted by atomic mass is 35.5. The summed E-state index contributed by atoms with van der Waals surface area (Å²) in [4.78, 5) is 16.3. The molecule has 0 radical (unpaired) electrons. The van der Waals surface area contributed by atoms with Crippen molar-refractivity contribution in [2.24, 2.45) is 0 Å². The molecule has 2 aromatic heterocycles. The molecule has 0 atom stereocenters. The van der Waals surface area contributed by atoms with Crippen molar-refractivity contribution < 1.29 is 9.21 Å². The van der Waals surface area contributed by atoms with Crippen molar-refractivity contribution in [3.63, 3.8) is 0 Å². The van der Waals surface area contributed by atoms with E-state index < -0.39 is 5.91 Å². The Morgan fingerprint density at radius 3 is 2.75 bits per heavy atom. The molecule has 8 heteroatoms. The lowest BCUT2D eigenvalue weighted by Gasteiger charge is -2.07. The standard InChI is InChI=1S/C20H15Cl2N3O2S/c1-12-3-2-4-18(23-12)24-20(28)25-19(26)10-7-14-6-9-17(27-14)15-8-5-13(21)11-16(15)22/h2-11H,1H3,(H2,23,24,25,26,28)/b10-7+. The summed E-state index contributed by atoms with van der Waals surface area (Å²) in [6.45, 7) is 1.87. The number of anilines is 1. The van der Waals surface area contributed by atoms with Crippen LogP contribution in [0, 0.1) is 6.92 Å². The normalized spacial score (nSPS) is 10.8. The van der Waals surface area contributed by atoms with E-state index in [4.69, 9.17) is 39.8 Å². The lowest BCUT2D eigenvalue weighted by atomic mass is 10.2. The number of nitrogens with zero attached hydrogens (tertiary/aromatic N) is 1. The molecular formula is C20H15Cl2N3O2S. The van der Waals surface area contributed by atoms with Crippen molar-refractivity contribution >= 4 is 58.3 Å². The van der Waals surface area contributed by atoms with Gasteiger partial charge in [-0.2, -0.15) is 0 Å². The van der Waals surface area contributed by atoms with Gasteiger partial charge in [0.05, 0.1) is 5.02 Å². The SMILES string of the molecule is Cc1cccc(NC(=S)NC(=O)/C=C/c2ccc(-c3ccc(Cl)cc3Cl)o2)n1. The first kappa shape index (κ1) is 20.1. The highest BCUT2D eigenvalue weighted by Crippen LogP contribution is 2.31. The first-order chi connectivity index (χ1) is 13.4. The molecule has 0 fully saturated rings. The maximum absolute atomic E-state index is 12.0. The Labute approximate surface area is 177 Å². The molecule has 0 saturated carbocycles. The van der Waals surface area contributed by atoms with Gasteiger partial charge in [-0.05, 0) is 67.7 Å². The monoisotopic (exact) mass is 431 g/mol. The Bertz CT molecular complexity index is 1060. The van der Waals surface area contributed by atoms with Crippen LogP contribution in [-0.2, 0) is 4.79 Å². The van der Waals surface area contributed by atoms with Crippen LogP contribution in [0.15, 0.2) is 59.0 Å². The minimum Gasteiger partial charge on any atom is -0.457 e. The molecule has 0 unspecified atom stereocenters. The number of aromatic nitrogens is 1. The molecule has 5 nitrogen and oxygen atoms in total. The zero-order valence-electron chi connectivity index (χ0n) is 14.7. The van der Waals surface area contributed by atoms with E-state index in [1.54, 1.807) is 36.4 Å². The smallest absolute Gasteiger partial charge is 0.250 e. The number of carbonyl (C=O) groups is 1. The van der Waals surface area contributed by atoms with Gasteiger partial charge in [-0.15, -0.1) is 0 Å². The summed E-state index contributed by atoms with van der Waals surface area (Å²) in [5, 5.41) is 6.58. The molecule has 3 aromatic rings. The topological polar surface area (TPSA) is 67.2 Å². The van der Waals surface area contributed by atoms with Crippen molar-refractivity contribution in [1.82, 2.24) is 10.3 Å². The van der Waals surface area contributed by atoms with E-state index in [0.717, 1.165) is 5.69 Å². The minimum atomic E-state index is -0.396. The third-order valence-electron chi connectivity index (χ3n) is 3.59. The van der Waals surface area contributed by atoms with Crippen LogP contribution in [0.2, 0.25) is 10.0 Å². The number of hydrogen-bond donors (Lipinski definition) is 2. The van der Waals surface area contributed by atoms with Crippen molar-refractivity contribution in [1.29, 1.82) is 0 Å². The number of pyridine rings is 1. The van der Waals surface area contributed by atoms with E-state index >= 15 is 0 Å². The van der Waals surface area contributed by atoms with Crippen molar-refractivity contribution in [2.45, 2.75) is 6.92 Å². The molecule has 2 heterocycles. The van der Waals surface area contributed by atoms with Gasteiger partial charge in [0.1, 0.15) is 17.3 Å². The quantitative estimate of drug-likeness (QED) is 0.422. The zero-order chi connectivity index (χ0) is 20.1. The van der Waals surface area contributed by atoms with Crippen LogP contribution in [-0.4, -0.2) is 16.0 Å². The second-order valence-corrected chi connectivity index (χ2v) is 7.02. The highest BCUT2D eigenvalue weighted by Gasteiger charge is 2.09. The number of aryl methyl sites for hydroxylation is 1. The van der Waals surface area contributed by atoms with Gasteiger partial charge in [0.2, 0.25) is 5.91 Å². The van der Waals surface area contributed by atoms with Gasteiger partial charge >= 0.3 is 0 Å². The average Bonchev–Trinajstić information content (AvgIpc) is 3.08. The van der Waals surface area contributed by atoms with E-state index in [-0.39, 0.29) is 5.11 Å². The van der Waals surface area contributed by atoms with Gasteiger partial charge < -0.3 is 9.73 Å². The number of rotatable bonds is 4. The third kappa shape index (κ3) is 5.42. The Hall–Kier alpha value is -2.67. The maximum atomic E-state index is 12.0. The van der Waals surface area contributed by atoms with Crippen molar-refractivity contribution in [2.75, 3.05) is 5.32 Å². The summed E-state index contributed by atoms with van der Waals surface area (Å²) < 4.78 is 5.70. The second kappa shape index (κ2) is 9.01. The number of carbonyl (C=O) groups excluding carboxylic acids is 1. The Kier molecular flexibility index (Phi) is 6.46. The molecule has 0 bridgehead atoms. The summed E-state index contributed by atoms with van der Waals surface area (Å²) in [7, 11) is 0. The van der Waals surface area contributed by atoms with Gasteiger partial charge in [-0.1, -0.05) is 29.3 Å². The number of thiocarbonyl (C=S) groups is 1. The Balaban J connectivity index is 1.60. The summed E-state index contributed by atoms with van der Waals surface area (Å²) in [6.07, 6.45) is 2.86.